The third-order valence-corrected chi connectivity index (χ3v) is 8.65. The molecule has 38 heavy (non-hydrogen) atoms. The quantitative estimate of drug-likeness (QED) is 0.265. The van der Waals surface area contributed by atoms with Gasteiger partial charge in [0.25, 0.3) is 0 Å². The summed E-state index contributed by atoms with van der Waals surface area (Å²) in [4.78, 5) is 29.2. The number of carbonyl (C=O) groups excluding carboxylic acids is 2. The van der Waals surface area contributed by atoms with E-state index in [4.69, 9.17) is 23.2 Å². The summed E-state index contributed by atoms with van der Waals surface area (Å²) in [5.74, 6) is 0.829. The SMILES string of the molecule is Cc1ccc(CSCC(=O)N(Cc2ccc(Cl)c(Cl)c2)C(Cc2ccccc2)C(=O)NC2CCCC2)cc1. The van der Waals surface area contributed by atoms with E-state index in [1.165, 1.54) is 11.1 Å². The van der Waals surface area contributed by atoms with Crippen molar-refractivity contribution >= 4 is 46.8 Å². The van der Waals surface area contributed by atoms with Crippen LogP contribution in [0.2, 0.25) is 10.0 Å². The van der Waals surface area contributed by atoms with Crippen LogP contribution in [0.4, 0.5) is 0 Å². The molecule has 0 saturated heterocycles. The van der Waals surface area contributed by atoms with Crippen LogP contribution in [0.15, 0.2) is 72.8 Å². The summed E-state index contributed by atoms with van der Waals surface area (Å²) < 4.78 is 0. The topological polar surface area (TPSA) is 49.4 Å². The van der Waals surface area contributed by atoms with Crippen LogP contribution in [-0.4, -0.2) is 34.6 Å². The largest absolute Gasteiger partial charge is 0.352 e. The number of carbonyl (C=O) groups is 2. The molecule has 0 bridgehead atoms. The molecule has 0 radical (unpaired) electrons. The summed E-state index contributed by atoms with van der Waals surface area (Å²) in [6.07, 6.45) is 4.65. The molecule has 200 valence electrons. The minimum Gasteiger partial charge on any atom is -0.352 e. The monoisotopic (exact) mass is 568 g/mol. The molecular formula is C31H34Cl2N2O2S. The maximum Gasteiger partial charge on any atom is 0.243 e. The van der Waals surface area contributed by atoms with E-state index in [2.05, 4.69) is 36.5 Å². The van der Waals surface area contributed by atoms with E-state index in [1.807, 2.05) is 36.4 Å². The van der Waals surface area contributed by atoms with Crippen molar-refractivity contribution in [2.75, 3.05) is 5.75 Å². The second-order valence-corrected chi connectivity index (χ2v) is 11.7. The number of hydrogen-bond acceptors (Lipinski definition) is 3. The minimum absolute atomic E-state index is 0.0734. The molecule has 7 heteroatoms. The molecule has 1 atom stereocenters. The Morgan fingerprint density at radius 3 is 2.29 bits per heavy atom. The van der Waals surface area contributed by atoms with Crippen LogP contribution >= 0.6 is 35.0 Å². The third-order valence-electron chi connectivity index (χ3n) is 6.92. The Balaban J connectivity index is 1.57. The van der Waals surface area contributed by atoms with Gasteiger partial charge in [-0.15, -0.1) is 11.8 Å². The van der Waals surface area contributed by atoms with Gasteiger partial charge in [0, 0.05) is 24.8 Å². The molecule has 1 fully saturated rings. The average Bonchev–Trinajstić information content (AvgIpc) is 3.43. The average molecular weight is 570 g/mol. The molecule has 1 aliphatic rings. The lowest BCUT2D eigenvalue weighted by molar-refractivity contribution is -0.139. The summed E-state index contributed by atoms with van der Waals surface area (Å²) in [6.45, 7) is 2.33. The van der Waals surface area contributed by atoms with Gasteiger partial charge < -0.3 is 10.2 Å². The second kappa shape index (κ2) is 14.1. The van der Waals surface area contributed by atoms with Crippen molar-refractivity contribution in [3.63, 3.8) is 0 Å². The van der Waals surface area contributed by atoms with Gasteiger partial charge in [0.1, 0.15) is 6.04 Å². The lowest BCUT2D eigenvalue weighted by atomic mass is 10.0. The smallest absolute Gasteiger partial charge is 0.243 e. The van der Waals surface area contributed by atoms with E-state index in [9.17, 15) is 9.59 Å². The number of nitrogens with zero attached hydrogens (tertiary/aromatic N) is 1. The van der Waals surface area contributed by atoms with Crippen molar-refractivity contribution in [1.29, 1.82) is 0 Å². The number of benzene rings is 3. The second-order valence-electron chi connectivity index (χ2n) is 9.94. The highest BCUT2D eigenvalue weighted by Gasteiger charge is 2.32. The van der Waals surface area contributed by atoms with Crippen LogP contribution in [0.1, 0.15) is 47.9 Å². The summed E-state index contributed by atoms with van der Waals surface area (Å²) >= 11 is 14.0. The Morgan fingerprint density at radius 1 is 0.921 bits per heavy atom. The lowest BCUT2D eigenvalue weighted by Crippen LogP contribution is -2.52. The standard InChI is InChI=1S/C31H34Cl2N2O2S/c1-22-11-13-24(14-12-22)20-38-21-30(36)35(19-25-15-16-27(32)28(33)17-25)29(18-23-7-3-2-4-8-23)31(37)34-26-9-5-6-10-26/h2-4,7-8,11-17,26,29H,5-6,9-10,18-21H2,1H3,(H,34,37). The Bertz CT molecular complexity index is 1210. The van der Waals surface area contributed by atoms with E-state index in [-0.39, 0.29) is 30.2 Å². The Morgan fingerprint density at radius 2 is 1.61 bits per heavy atom. The van der Waals surface area contributed by atoms with Crippen LogP contribution in [0.5, 0.6) is 0 Å². The first-order valence-corrected chi connectivity index (χ1v) is 15.0. The van der Waals surface area contributed by atoms with Crippen molar-refractivity contribution < 1.29 is 9.59 Å². The molecule has 0 aromatic heterocycles. The van der Waals surface area contributed by atoms with E-state index in [0.29, 0.717) is 16.5 Å². The van der Waals surface area contributed by atoms with Crippen LogP contribution < -0.4 is 5.32 Å². The molecule has 2 amide bonds. The molecule has 3 aromatic carbocycles. The third kappa shape index (κ3) is 8.26. The Kier molecular flexibility index (Phi) is 10.6. The van der Waals surface area contributed by atoms with E-state index in [0.717, 1.165) is 42.6 Å². The fraction of sp³-hybridized carbons (Fsp3) is 0.355. The van der Waals surface area contributed by atoms with Crippen molar-refractivity contribution in [2.45, 2.75) is 63.4 Å². The molecule has 4 nitrogen and oxygen atoms in total. The highest BCUT2D eigenvalue weighted by atomic mass is 35.5. The van der Waals surface area contributed by atoms with Gasteiger partial charge in [0.2, 0.25) is 11.8 Å². The van der Waals surface area contributed by atoms with E-state index < -0.39 is 6.04 Å². The first kappa shape index (κ1) is 28.5. The Hall–Kier alpha value is -2.47. The Labute approximate surface area is 240 Å². The van der Waals surface area contributed by atoms with Crippen molar-refractivity contribution in [1.82, 2.24) is 10.2 Å². The molecule has 0 spiro atoms. The van der Waals surface area contributed by atoms with Crippen LogP contribution in [0, 0.1) is 6.92 Å². The number of amides is 2. The van der Waals surface area contributed by atoms with Gasteiger partial charge in [-0.3, -0.25) is 9.59 Å². The zero-order valence-corrected chi connectivity index (χ0v) is 24.0. The first-order valence-electron chi connectivity index (χ1n) is 13.1. The van der Waals surface area contributed by atoms with Gasteiger partial charge >= 0.3 is 0 Å². The molecule has 1 unspecified atom stereocenters. The van der Waals surface area contributed by atoms with Gasteiger partial charge in [0.05, 0.1) is 15.8 Å². The highest BCUT2D eigenvalue weighted by molar-refractivity contribution is 7.99. The fourth-order valence-electron chi connectivity index (χ4n) is 4.78. The molecule has 4 rings (SSSR count). The van der Waals surface area contributed by atoms with Gasteiger partial charge in [-0.2, -0.15) is 0 Å². The van der Waals surface area contributed by atoms with Crippen molar-refractivity contribution in [3.8, 4) is 0 Å². The summed E-state index contributed by atoms with van der Waals surface area (Å²) in [7, 11) is 0. The number of hydrogen-bond donors (Lipinski definition) is 1. The number of aryl methyl sites for hydroxylation is 1. The number of rotatable bonds is 11. The lowest BCUT2D eigenvalue weighted by Gasteiger charge is -2.32. The molecule has 1 aliphatic carbocycles. The van der Waals surface area contributed by atoms with E-state index >= 15 is 0 Å². The van der Waals surface area contributed by atoms with E-state index in [1.54, 1.807) is 28.8 Å². The minimum atomic E-state index is -0.639. The van der Waals surface area contributed by atoms with Crippen molar-refractivity contribution in [3.05, 3.63) is 105 Å². The molecular weight excluding hydrogens is 535 g/mol. The molecule has 1 N–H and O–H groups in total. The van der Waals surface area contributed by atoms with Crippen LogP contribution in [0.3, 0.4) is 0 Å². The number of nitrogens with one attached hydrogen (secondary N) is 1. The van der Waals surface area contributed by atoms with Gasteiger partial charge in [-0.1, -0.05) is 102 Å². The molecule has 3 aromatic rings. The molecule has 0 aliphatic heterocycles. The number of thioether (sulfide) groups is 1. The fourth-order valence-corrected chi connectivity index (χ4v) is 5.97. The predicted molar refractivity (Wildman–Crippen MR) is 159 cm³/mol. The zero-order valence-electron chi connectivity index (χ0n) is 21.7. The van der Waals surface area contributed by atoms with Crippen LogP contribution in [-0.2, 0) is 28.3 Å². The van der Waals surface area contributed by atoms with Gasteiger partial charge in [-0.25, -0.2) is 0 Å². The van der Waals surface area contributed by atoms with Gasteiger partial charge in [0.15, 0.2) is 0 Å². The highest BCUT2D eigenvalue weighted by Crippen LogP contribution is 2.25. The first-order chi connectivity index (χ1) is 18.4. The number of halogens is 2. The summed E-state index contributed by atoms with van der Waals surface area (Å²) in [5, 5.41) is 4.13. The normalized spacial score (nSPS) is 14.3. The zero-order chi connectivity index (χ0) is 26.9. The molecule has 0 heterocycles. The summed E-state index contributed by atoms with van der Waals surface area (Å²) in [5.41, 5.74) is 4.23. The molecule has 1 saturated carbocycles. The van der Waals surface area contributed by atoms with Crippen LogP contribution in [0.25, 0.3) is 0 Å². The maximum absolute atomic E-state index is 13.8. The van der Waals surface area contributed by atoms with Crippen molar-refractivity contribution in [2.24, 2.45) is 0 Å². The van der Waals surface area contributed by atoms with Gasteiger partial charge in [-0.05, 0) is 48.6 Å². The summed E-state index contributed by atoms with van der Waals surface area (Å²) in [6, 6.07) is 23.1. The predicted octanol–water partition coefficient (Wildman–Crippen LogP) is 7.23. The maximum atomic E-state index is 13.8.